The predicted molar refractivity (Wildman–Crippen MR) is 75.0 cm³/mol. The van der Waals surface area contributed by atoms with Crippen LogP contribution >= 0.6 is 0 Å². The molecule has 1 aromatic heterocycles. The highest BCUT2D eigenvalue weighted by Gasteiger charge is 2.27. The van der Waals surface area contributed by atoms with Crippen LogP contribution in [-0.4, -0.2) is 37.1 Å². The Morgan fingerprint density at radius 3 is 3.05 bits per heavy atom. The fourth-order valence-electron chi connectivity index (χ4n) is 2.69. The maximum absolute atomic E-state index is 11.6. The molecular formula is C14H23N3O3. The van der Waals surface area contributed by atoms with Crippen LogP contribution in [0.2, 0.25) is 0 Å². The van der Waals surface area contributed by atoms with Crippen LogP contribution in [0, 0.1) is 12.8 Å². The number of nitrogens with two attached hydrogens (primary N) is 1. The number of likely N-dealkylation sites (tertiary alicyclic amines) is 1. The van der Waals surface area contributed by atoms with E-state index in [0.29, 0.717) is 23.8 Å². The van der Waals surface area contributed by atoms with Crippen LogP contribution in [0.15, 0.2) is 10.5 Å². The highest BCUT2D eigenvalue weighted by Crippen LogP contribution is 2.22. The Bertz CT molecular complexity index is 472. The van der Waals surface area contributed by atoms with Gasteiger partial charge in [-0.25, -0.2) is 5.84 Å². The third-order valence-electron chi connectivity index (χ3n) is 4.00. The van der Waals surface area contributed by atoms with E-state index in [0.717, 1.165) is 25.3 Å². The summed E-state index contributed by atoms with van der Waals surface area (Å²) in [5.41, 5.74) is 2.62. The van der Waals surface area contributed by atoms with Crippen molar-refractivity contribution in [2.45, 2.75) is 32.9 Å². The molecule has 1 amide bonds. The van der Waals surface area contributed by atoms with E-state index in [1.54, 1.807) is 20.1 Å². The van der Waals surface area contributed by atoms with Crippen LogP contribution in [0.25, 0.3) is 0 Å². The highest BCUT2D eigenvalue weighted by molar-refractivity contribution is 5.94. The molecule has 112 valence electrons. The second-order valence-electron chi connectivity index (χ2n) is 5.43. The van der Waals surface area contributed by atoms with E-state index in [9.17, 15) is 4.79 Å². The van der Waals surface area contributed by atoms with Gasteiger partial charge < -0.3 is 9.15 Å². The van der Waals surface area contributed by atoms with Crippen molar-refractivity contribution in [3.8, 4) is 0 Å². The topological polar surface area (TPSA) is 80.7 Å². The molecule has 20 heavy (non-hydrogen) atoms. The summed E-state index contributed by atoms with van der Waals surface area (Å²) in [6.07, 6.45) is 1.36. The first kappa shape index (κ1) is 15.0. The van der Waals surface area contributed by atoms with Crippen LogP contribution in [0.5, 0.6) is 0 Å². The minimum Gasteiger partial charge on any atom is -0.464 e. The number of nitrogens with zero attached hydrogens (tertiary/aromatic N) is 1. The second-order valence-corrected chi connectivity index (χ2v) is 5.43. The van der Waals surface area contributed by atoms with Gasteiger partial charge in [-0.05, 0) is 31.9 Å². The summed E-state index contributed by atoms with van der Waals surface area (Å²) in [6, 6.07) is 1.76. The molecule has 6 heteroatoms. The molecular weight excluding hydrogens is 258 g/mol. The van der Waals surface area contributed by atoms with E-state index in [1.807, 2.05) is 0 Å². The molecule has 1 saturated heterocycles. The first-order valence-electron chi connectivity index (χ1n) is 6.90. The average molecular weight is 281 g/mol. The molecule has 6 nitrogen and oxygen atoms in total. The van der Waals surface area contributed by atoms with Crippen LogP contribution in [0.3, 0.4) is 0 Å². The number of nitrogens with one attached hydrogen (secondary N) is 1. The van der Waals surface area contributed by atoms with Crippen molar-refractivity contribution >= 4 is 5.91 Å². The Morgan fingerprint density at radius 1 is 1.65 bits per heavy atom. The number of piperidine rings is 1. The zero-order chi connectivity index (χ0) is 14.7. The lowest BCUT2D eigenvalue weighted by Gasteiger charge is -2.35. The van der Waals surface area contributed by atoms with Gasteiger partial charge in [-0.3, -0.25) is 15.1 Å². The summed E-state index contributed by atoms with van der Waals surface area (Å²) in [6.45, 7) is 6.57. The summed E-state index contributed by atoms with van der Waals surface area (Å²) >= 11 is 0. The van der Waals surface area contributed by atoms with Crippen LogP contribution in [-0.2, 0) is 11.3 Å². The Hall–Kier alpha value is -1.37. The van der Waals surface area contributed by atoms with E-state index >= 15 is 0 Å². The largest absolute Gasteiger partial charge is 0.464 e. The molecule has 3 N–H and O–H groups in total. The Balaban J connectivity index is 2.02. The molecule has 0 spiro atoms. The van der Waals surface area contributed by atoms with Crippen molar-refractivity contribution in [3.05, 3.63) is 23.2 Å². The number of hydrogen-bond donors (Lipinski definition) is 2. The van der Waals surface area contributed by atoms with Gasteiger partial charge in [-0.1, -0.05) is 6.92 Å². The van der Waals surface area contributed by atoms with Crippen molar-refractivity contribution in [1.29, 1.82) is 0 Å². The van der Waals surface area contributed by atoms with E-state index in [4.69, 9.17) is 15.0 Å². The molecule has 1 aliphatic heterocycles. The summed E-state index contributed by atoms with van der Waals surface area (Å²) < 4.78 is 11.1. The van der Waals surface area contributed by atoms with Gasteiger partial charge in [0.25, 0.3) is 5.91 Å². The number of hydrogen-bond acceptors (Lipinski definition) is 5. The number of nitrogen functional groups attached to an aromatic ring is 1. The molecule has 0 bridgehead atoms. The van der Waals surface area contributed by atoms with Gasteiger partial charge in [-0.2, -0.15) is 0 Å². The maximum Gasteiger partial charge on any atom is 0.268 e. The van der Waals surface area contributed by atoms with Crippen molar-refractivity contribution in [2.24, 2.45) is 11.8 Å². The van der Waals surface area contributed by atoms with Gasteiger partial charge in [0.2, 0.25) is 0 Å². The minimum atomic E-state index is -0.320. The zero-order valence-electron chi connectivity index (χ0n) is 12.3. The number of amides is 1. The number of furan rings is 1. The lowest BCUT2D eigenvalue weighted by molar-refractivity contribution is -0.00922. The number of methoxy groups -OCH3 is 1. The molecule has 2 heterocycles. The van der Waals surface area contributed by atoms with Gasteiger partial charge in [0.15, 0.2) is 0 Å². The molecule has 0 saturated carbocycles. The standard InChI is InChI=1S/C14H23N3O3/c1-9-4-5-17(8-13(9)19-3)7-11-6-12(10(2)20-11)14(18)16-15/h6,9,13H,4-5,7-8,15H2,1-3H3,(H,16,18). The van der Waals surface area contributed by atoms with E-state index in [-0.39, 0.29) is 12.0 Å². The van der Waals surface area contributed by atoms with E-state index in [2.05, 4.69) is 17.2 Å². The van der Waals surface area contributed by atoms with Gasteiger partial charge in [0, 0.05) is 13.7 Å². The summed E-state index contributed by atoms with van der Waals surface area (Å²) in [7, 11) is 1.76. The molecule has 0 radical (unpaired) electrons. The number of carbonyl (C=O) groups is 1. The first-order chi connectivity index (χ1) is 9.55. The van der Waals surface area contributed by atoms with E-state index < -0.39 is 0 Å². The van der Waals surface area contributed by atoms with Crippen molar-refractivity contribution in [2.75, 3.05) is 20.2 Å². The zero-order valence-corrected chi connectivity index (χ0v) is 12.3. The SMILES string of the molecule is COC1CN(Cc2cc(C(=O)NN)c(C)o2)CCC1C. The normalized spacial score (nSPS) is 23.8. The third kappa shape index (κ3) is 3.20. The number of carbonyl (C=O) groups excluding carboxylic acids is 1. The molecule has 1 fully saturated rings. The average Bonchev–Trinajstić information content (AvgIpc) is 2.80. The van der Waals surface area contributed by atoms with Crippen LogP contribution in [0.4, 0.5) is 0 Å². The quantitative estimate of drug-likeness (QED) is 0.490. The second kappa shape index (κ2) is 6.39. The smallest absolute Gasteiger partial charge is 0.268 e. The van der Waals surface area contributed by atoms with Crippen LogP contribution < -0.4 is 11.3 Å². The monoisotopic (exact) mass is 281 g/mol. The van der Waals surface area contributed by atoms with Gasteiger partial charge >= 0.3 is 0 Å². The van der Waals surface area contributed by atoms with Gasteiger partial charge in [0.1, 0.15) is 11.5 Å². The molecule has 2 atom stereocenters. The predicted octanol–water partition coefficient (Wildman–Crippen LogP) is 1.05. The summed E-state index contributed by atoms with van der Waals surface area (Å²) in [4.78, 5) is 13.8. The molecule has 2 unspecified atom stereocenters. The van der Waals surface area contributed by atoms with Gasteiger partial charge in [0.05, 0.1) is 18.2 Å². The fourth-order valence-corrected chi connectivity index (χ4v) is 2.69. The number of aryl methyl sites for hydroxylation is 1. The van der Waals surface area contributed by atoms with Crippen molar-refractivity contribution in [3.63, 3.8) is 0 Å². The molecule has 1 aromatic rings. The molecule has 0 aromatic carbocycles. The molecule has 1 aliphatic rings. The highest BCUT2D eigenvalue weighted by atomic mass is 16.5. The lowest BCUT2D eigenvalue weighted by atomic mass is 9.96. The minimum absolute atomic E-state index is 0.256. The maximum atomic E-state index is 11.6. The molecule has 0 aliphatic carbocycles. The number of hydrazine groups is 1. The number of ether oxygens (including phenoxy) is 1. The van der Waals surface area contributed by atoms with E-state index in [1.165, 1.54) is 0 Å². The number of rotatable bonds is 4. The first-order valence-corrected chi connectivity index (χ1v) is 6.90. The lowest BCUT2D eigenvalue weighted by Crippen LogP contribution is -2.43. The summed E-state index contributed by atoms with van der Waals surface area (Å²) in [5.74, 6) is 6.78. The Labute approximate surface area is 119 Å². The Morgan fingerprint density at radius 2 is 2.40 bits per heavy atom. The fraction of sp³-hybridized carbons (Fsp3) is 0.643. The Kier molecular flexibility index (Phi) is 4.80. The van der Waals surface area contributed by atoms with Crippen molar-refractivity contribution < 1.29 is 13.9 Å². The third-order valence-corrected chi connectivity index (χ3v) is 4.00. The van der Waals surface area contributed by atoms with Crippen molar-refractivity contribution in [1.82, 2.24) is 10.3 Å². The van der Waals surface area contributed by atoms with Gasteiger partial charge in [-0.15, -0.1) is 0 Å². The summed E-state index contributed by atoms with van der Waals surface area (Å²) in [5, 5.41) is 0. The van der Waals surface area contributed by atoms with Crippen LogP contribution in [0.1, 0.15) is 35.2 Å². The molecule has 2 rings (SSSR count).